The zero-order chi connectivity index (χ0) is 43.0. The molecule has 0 atom stereocenters. The molecule has 0 spiro atoms. The number of hydrogen-bond donors (Lipinski definition) is 2. The van der Waals surface area contributed by atoms with Gasteiger partial charge in [-0.25, -0.2) is 38.3 Å². The third-order valence-electron chi connectivity index (χ3n) is 8.83. The zero-order valence-electron chi connectivity index (χ0n) is 35.2. The van der Waals surface area contributed by atoms with Gasteiger partial charge in [-0.2, -0.15) is 0 Å². The molecule has 4 heterocycles. The third kappa shape index (κ3) is 9.72. The van der Waals surface area contributed by atoms with E-state index in [4.69, 9.17) is 9.47 Å². The van der Waals surface area contributed by atoms with E-state index in [2.05, 4.69) is 79.5 Å². The standard InChI is InChI=1S/C22H24N4O3S2.C22H24N4OS2/c1-13(2)29-18-10-16-15(9-20(18)31(27,28)22(3,4)5)21(24-11-23-16)26-14-6-7-19-17(8-14)25-12-30-19;1-13(2)27-18-10-16-15(9-20(18)29-22(3,4)5)21(24-11-23-16)26-14-6-7-19-17(8-14)25-12-28-19/h6-13H,1-5H3,(H,23,24,26);6-13H,1-5H3,(H,23,24,26). The Bertz CT molecular complexity index is 2940. The maximum atomic E-state index is 13.3. The lowest BCUT2D eigenvalue weighted by molar-refractivity contribution is 0.236. The molecule has 4 aromatic heterocycles. The highest BCUT2D eigenvalue weighted by molar-refractivity contribution is 8.00. The van der Waals surface area contributed by atoms with Crippen LogP contribution in [0.25, 0.3) is 42.2 Å². The van der Waals surface area contributed by atoms with Crippen LogP contribution < -0.4 is 20.1 Å². The monoisotopic (exact) mass is 880 g/mol. The summed E-state index contributed by atoms with van der Waals surface area (Å²) in [6.45, 7) is 19.4. The van der Waals surface area contributed by atoms with E-state index in [0.717, 1.165) is 54.5 Å². The first-order valence-corrected chi connectivity index (χ1v) is 23.5. The number of nitrogens with zero attached hydrogens (tertiary/aromatic N) is 6. The van der Waals surface area contributed by atoms with Crippen LogP contribution in [-0.2, 0) is 9.84 Å². The van der Waals surface area contributed by atoms with Crippen LogP contribution >= 0.6 is 34.4 Å². The average Bonchev–Trinajstić information content (AvgIpc) is 3.83. The molecule has 0 fully saturated rings. The number of anilines is 4. The van der Waals surface area contributed by atoms with Crippen molar-refractivity contribution in [1.82, 2.24) is 29.9 Å². The van der Waals surface area contributed by atoms with Crippen molar-refractivity contribution in [3.63, 3.8) is 0 Å². The molecule has 0 radical (unpaired) electrons. The van der Waals surface area contributed by atoms with E-state index in [9.17, 15) is 8.42 Å². The van der Waals surface area contributed by atoms with Crippen molar-refractivity contribution in [2.45, 2.75) is 101 Å². The van der Waals surface area contributed by atoms with Crippen molar-refractivity contribution < 1.29 is 17.9 Å². The van der Waals surface area contributed by atoms with Crippen LogP contribution in [0.5, 0.6) is 11.5 Å². The SMILES string of the molecule is CC(C)Oc1cc2ncnc(Nc3ccc4scnc4c3)c2cc1S(=O)(=O)C(C)(C)C.CC(C)Oc1cc2ncnc(Nc3ccc4scnc4c3)c2cc1SC(C)(C)C. The van der Waals surface area contributed by atoms with Crippen molar-refractivity contribution in [2.24, 2.45) is 0 Å². The molecule has 0 unspecified atom stereocenters. The van der Waals surface area contributed by atoms with Crippen molar-refractivity contribution in [3.8, 4) is 11.5 Å². The Balaban J connectivity index is 0.000000182. The van der Waals surface area contributed by atoms with Crippen LogP contribution in [0.3, 0.4) is 0 Å². The molecule has 312 valence electrons. The second kappa shape index (κ2) is 17.1. The molecular formula is C44H48N8O4S4. The maximum absolute atomic E-state index is 13.3. The van der Waals surface area contributed by atoms with Gasteiger partial charge in [-0.05, 0) is 97.0 Å². The molecule has 0 aliphatic rings. The summed E-state index contributed by atoms with van der Waals surface area (Å²) < 4.78 is 40.0. The van der Waals surface area contributed by atoms with E-state index in [0.29, 0.717) is 22.5 Å². The highest BCUT2D eigenvalue weighted by Gasteiger charge is 2.34. The molecule has 0 saturated carbocycles. The van der Waals surface area contributed by atoms with Gasteiger partial charge in [-0.1, -0.05) is 20.8 Å². The van der Waals surface area contributed by atoms with Crippen LogP contribution in [0.4, 0.5) is 23.0 Å². The highest BCUT2D eigenvalue weighted by atomic mass is 32.2. The minimum atomic E-state index is -3.67. The van der Waals surface area contributed by atoms with Crippen LogP contribution in [0.2, 0.25) is 0 Å². The van der Waals surface area contributed by atoms with E-state index in [-0.39, 0.29) is 21.9 Å². The minimum Gasteiger partial charge on any atom is -0.490 e. The molecule has 0 aliphatic carbocycles. The first-order chi connectivity index (χ1) is 28.3. The summed E-state index contributed by atoms with van der Waals surface area (Å²) in [5.41, 5.74) is 8.74. The molecule has 0 aliphatic heterocycles. The number of hydrogen-bond acceptors (Lipinski definition) is 15. The molecule has 0 saturated heterocycles. The Kier molecular flexibility index (Phi) is 12.2. The van der Waals surface area contributed by atoms with Gasteiger partial charge >= 0.3 is 0 Å². The van der Waals surface area contributed by atoms with E-state index >= 15 is 0 Å². The second-order valence-corrected chi connectivity index (χ2v) is 22.9. The van der Waals surface area contributed by atoms with Crippen LogP contribution in [0.1, 0.15) is 69.2 Å². The van der Waals surface area contributed by atoms with Gasteiger partial charge in [0.1, 0.15) is 40.7 Å². The Labute approximate surface area is 362 Å². The summed E-state index contributed by atoms with van der Waals surface area (Å²) in [6, 6.07) is 19.5. The van der Waals surface area contributed by atoms with E-state index in [1.54, 1.807) is 79.2 Å². The fourth-order valence-corrected chi connectivity index (χ4v) is 9.78. The first-order valence-electron chi connectivity index (χ1n) is 19.4. The topological polar surface area (TPSA) is 154 Å². The van der Waals surface area contributed by atoms with Gasteiger partial charge in [0.05, 0.1) is 64.3 Å². The summed E-state index contributed by atoms with van der Waals surface area (Å²) in [5, 5.41) is 8.29. The summed E-state index contributed by atoms with van der Waals surface area (Å²) in [5.74, 6) is 2.45. The van der Waals surface area contributed by atoms with Crippen molar-refractivity contribution in [2.75, 3.05) is 10.6 Å². The molecule has 4 aromatic carbocycles. The predicted molar refractivity (Wildman–Crippen MR) is 249 cm³/mol. The second-order valence-electron chi connectivity index (χ2n) is 16.6. The van der Waals surface area contributed by atoms with Crippen molar-refractivity contribution in [3.05, 3.63) is 84.3 Å². The zero-order valence-corrected chi connectivity index (χ0v) is 38.5. The van der Waals surface area contributed by atoms with Gasteiger partial charge in [-0.3, -0.25) is 0 Å². The molecule has 0 amide bonds. The Hall–Kier alpha value is -5.16. The van der Waals surface area contributed by atoms with E-state index in [1.165, 1.54) is 11.0 Å². The Morgan fingerprint density at radius 1 is 0.600 bits per heavy atom. The molecule has 8 rings (SSSR count). The fraction of sp³-hybridized carbons (Fsp3) is 0.318. The molecular weight excluding hydrogens is 833 g/mol. The Morgan fingerprint density at radius 2 is 1.08 bits per heavy atom. The highest BCUT2D eigenvalue weighted by Crippen LogP contribution is 2.42. The molecule has 16 heteroatoms. The largest absolute Gasteiger partial charge is 0.490 e. The lowest BCUT2D eigenvalue weighted by atomic mass is 10.2. The number of aromatic nitrogens is 6. The van der Waals surface area contributed by atoms with E-state index in [1.807, 2.05) is 63.5 Å². The normalized spacial score (nSPS) is 12.3. The quantitative estimate of drug-likeness (QED) is 0.125. The lowest BCUT2D eigenvalue weighted by Gasteiger charge is -2.23. The maximum Gasteiger partial charge on any atom is 0.186 e. The van der Waals surface area contributed by atoms with Gasteiger partial charge in [0, 0.05) is 39.0 Å². The number of thioether (sulfide) groups is 1. The lowest BCUT2D eigenvalue weighted by Crippen LogP contribution is -2.28. The fourth-order valence-electron chi connectivity index (χ4n) is 6.11. The number of sulfone groups is 1. The number of benzene rings is 4. The smallest absolute Gasteiger partial charge is 0.186 e. The van der Waals surface area contributed by atoms with E-state index < -0.39 is 14.6 Å². The first kappa shape index (κ1) is 42.9. The summed E-state index contributed by atoms with van der Waals surface area (Å²) in [6.07, 6.45) is 2.94. The summed E-state index contributed by atoms with van der Waals surface area (Å²) in [4.78, 5) is 27.7. The van der Waals surface area contributed by atoms with Gasteiger partial charge in [0.25, 0.3) is 0 Å². The van der Waals surface area contributed by atoms with Crippen molar-refractivity contribution >= 4 is 110 Å². The third-order valence-corrected chi connectivity index (χ3v) is 14.1. The van der Waals surface area contributed by atoms with Crippen LogP contribution in [0.15, 0.2) is 94.1 Å². The number of ether oxygens (including phenoxy) is 2. The van der Waals surface area contributed by atoms with Gasteiger partial charge in [0.2, 0.25) is 0 Å². The van der Waals surface area contributed by atoms with Gasteiger partial charge in [-0.15, -0.1) is 34.4 Å². The van der Waals surface area contributed by atoms with Crippen molar-refractivity contribution in [1.29, 1.82) is 0 Å². The van der Waals surface area contributed by atoms with Crippen LogP contribution in [-0.4, -0.2) is 60.0 Å². The van der Waals surface area contributed by atoms with Gasteiger partial charge in [0.15, 0.2) is 9.84 Å². The predicted octanol–water partition coefficient (Wildman–Crippen LogP) is 12.0. The average molecular weight is 881 g/mol. The molecule has 0 bridgehead atoms. The summed E-state index contributed by atoms with van der Waals surface area (Å²) >= 11 is 5.00. The Morgan fingerprint density at radius 3 is 1.57 bits per heavy atom. The molecule has 2 N–H and O–H groups in total. The van der Waals surface area contributed by atoms with Crippen LogP contribution in [0, 0.1) is 0 Å². The number of rotatable bonds is 10. The minimum absolute atomic E-state index is 0.0572. The molecule has 60 heavy (non-hydrogen) atoms. The number of thiazole rings is 2. The number of nitrogens with one attached hydrogen (secondary N) is 2. The summed E-state index contributed by atoms with van der Waals surface area (Å²) in [7, 11) is -3.67. The number of fused-ring (bicyclic) bond motifs is 4. The van der Waals surface area contributed by atoms with Gasteiger partial charge < -0.3 is 20.1 Å². The molecule has 12 nitrogen and oxygen atoms in total. The molecule has 8 aromatic rings.